The maximum absolute atomic E-state index is 12.3. The van der Waals surface area contributed by atoms with E-state index in [1.165, 1.54) is 0 Å². The van der Waals surface area contributed by atoms with Crippen molar-refractivity contribution in [3.63, 3.8) is 0 Å². The largest absolute Gasteiger partial charge is 0.481 e. The van der Waals surface area contributed by atoms with Gasteiger partial charge >= 0.3 is 5.97 Å². The highest BCUT2D eigenvalue weighted by Crippen LogP contribution is 2.19. The summed E-state index contributed by atoms with van der Waals surface area (Å²) in [4.78, 5) is 26.9. The quantitative estimate of drug-likeness (QED) is 0.701. The molecule has 6 nitrogen and oxygen atoms in total. The first-order chi connectivity index (χ1) is 9.08. The fourth-order valence-corrected chi connectivity index (χ4v) is 2.60. The number of carbonyl (C=O) groups excluding carboxylic acids is 1. The van der Waals surface area contributed by atoms with Crippen LogP contribution >= 0.6 is 0 Å². The predicted molar refractivity (Wildman–Crippen MR) is 70.8 cm³/mol. The van der Waals surface area contributed by atoms with Gasteiger partial charge in [-0.3, -0.25) is 14.5 Å². The van der Waals surface area contributed by atoms with Crippen molar-refractivity contribution in [3.05, 3.63) is 0 Å². The van der Waals surface area contributed by atoms with Crippen LogP contribution in [0.5, 0.6) is 0 Å². The third-order valence-corrected chi connectivity index (χ3v) is 4.24. The summed E-state index contributed by atoms with van der Waals surface area (Å²) in [5.74, 6) is 0.0818. The van der Waals surface area contributed by atoms with Gasteiger partial charge in [0.15, 0.2) is 0 Å². The van der Waals surface area contributed by atoms with Crippen molar-refractivity contribution in [2.24, 2.45) is 11.8 Å². The molecule has 0 spiro atoms. The van der Waals surface area contributed by atoms with E-state index in [0.29, 0.717) is 12.5 Å². The molecule has 2 aliphatic rings. The number of amides is 1. The summed E-state index contributed by atoms with van der Waals surface area (Å²) in [7, 11) is 0. The Morgan fingerprint density at radius 3 is 2.37 bits per heavy atom. The van der Waals surface area contributed by atoms with Crippen molar-refractivity contribution in [2.75, 3.05) is 45.8 Å². The molecule has 2 N–H and O–H groups in total. The van der Waals surface area contributed by atoms with Crippen LogP contribution in [0.1, 0.15) is 13.3 Å². The average Bonchev–Trinajstić information content (AvgIpc) is 2.34. The van der Waals surface area contributed by atoms with E-state index in [9.17, 15) is 9.59 Å². The lowest BCUT2D eigenvalue weighted by atomic mass is 9.88. The van der Waals surface area contributed by atoms with Crippen LogP contribution in [0.4, 0.5) is 0 Å². The molecular weight excluding hydrogens is 246 g/mol. The molecule has 19 heavy (non-hydrogen) atoms. The Bertz CT molecular complexity index is 336. The Morgan fingerprint density at radius 2 is 1.89 bits per heavy atom. The van der Waals surface area contributed by atoms with Crippen molar-refractivity contribution in [3.8, 4) is 0 Å². The first-order valence-electron chi connectivity index (χ1n) is 7.01. The molecule has 2 saturated heterocycles. The van der Waals surface area contributed by atoms with Gasteiger partial charge in [0, 0.05) is 38.6 Å². The lowest BCUT2D eigenvalue weighted by Gasteiger charge is -2.39. The van der Waals surface area contributed by atoms with Gasteiger partial charge < -0.3 is 15.3 Å². The zero-order valence-corrected chi connectivity index (χ0v) is 11.5. The number of carboxylic acids is 1. The van der Waals surface area contributed by atoms with Crippen LogP contribution in [0.2, 0.25) is 0 Å². The van der Waals surface area contributed by atoms with Gasteiger partial charge in [-0.1, -0.05) is 6.92 Å². The zero-order chi connectivity index (χ0) is 13.8. The van der Waals surface area contributed by atoms with Crippen LogP contribution in [0.3, 0.4) is 0 Å². The Labute approximate surface area is 113 Å². The topological polar surface area (TPSA) is 72.9 Å². The molecule has 0 aromatic carbocycles. The summed E-state index contributed by atoms with van der Waals surface area (Å²) in [6, 6.07) is 0. The highest BCUT2D eigenvalue weighted by molar-refractivity contribution is 5.79. The van der Waals surface area contributed by atoms with Crippen LogP contribution in [-0.2, 0) is 9.59 Å². The first kappa shape index (κ1) is 14.3. The lowest BCUT2D eigenvalue weighted by Crippen LogP contribution is -2.54. The molecule has 0 radical (unpaired) electrons. The van der Waals surface area contributed by atoms with E-state index in [4.69, 9.17) is 5.11 Å². The fourth-order valence-electron chi connectivity index (χ4n) is 2.60. The highest BCUT2D eigenvalue weighted by atomic mass is 16.4. The SMILES string of the molecule is CC(C(=O)N1CCN(CCC(=O)O)CC1)C1CNC1. The second-order valence-corrected chi connectivity index (χ2v) is 5.52. The third kappa shape index (κ3) is 3.67. The first-order valence-corrected chi connectivity index (χ1v) is 7.01. The molecule has 6 heteroatoms. The Hall–Kier alpha value is -1.14. The van der Waals surface area contributed by atoms with E-state index in [1.54, 1.807) is 0 Å². The minimum atomic E-state index is -0.760. The number of carbonyl (C=O) groups is 2. The number of aliphatic carboxylic acids is 1. The van der Waals surface area contributed by atoms with Crippen LogP contribution in [0, 0.1) is 11.8 Å². The van der Waals surface area contributed by atoms with Crippen LogP contribution in [-0.4, -0.2) is 72.6 Å². The second kappa shape index (κ2) is 6.34. The van der Waals surface area contributed by atoms with E-state index in [-0.39, 0.29) is 18.2 Å². The average molecular weight is 269 g/mol. The van der Waals surface area contributed by atoms with E-state index in [0.717, 1.165) is 39.3 Å². The molecule has 0 aromatic heterocycles. The summed E-state index contributed by atoms with van der Waals surface area (Å²) >= 11 is 0. The molecule has 0 aliphatic carbocycles. The molecule has 1 unspecified atom stereocenters. The van der Waals surface area contributed by atoms with E-state index < -0.39 is 5.97 Å². The molecule has 0 bridgehead atoms. The number of carboxylic acid groups (broad SMARTS) is 1. The summed E-state index contributed by atoms with van der Waals surface area (Å²) in [5, 5.41) is 11.9. The fraction of sp³-hybridized carbons (Fsp3) is 0.846. The Morgan fingerprint density at radius 1 is 1.26 bits per heavy atom. The van der Waals surface area contributed by atoms with Crippen molar-refractivity contribution in [2.45, 2.75) is 13.3 Å². The number of hydrogen-bond donors (Lipinski definition) is 2. The van der Waals surface area contributed by atoms with E-state index in [2.05, 4.69) is 10.2 Å². The van der Waals surface area contributed by atoms with Crippen molar-refractivity contribution in [1.29, 1.82) is 0 Å². The van der Waals surface area contributed by atoms with Gasteiger partial charge in [0.25, 0.3) is 0 Å². The summed E-state index contributed by atoms with van der Waals surface area (Å²) < 4.78 is 0. The number of rotatable bonds is 5. The van der Waals surface area contributed by atoms with E-state index in [1.807, 2.05) is 11.8 Å². The highest BCUT2D eigenvalue weighted by Gasteiger charge is 2.32. The molecule has 108 valence electrons. The van der Waals surface area contributed by atoms with Gasteiger partial charge in [-0.15, -0.1) is 0 Å². The second-order valence-electron chi connectivity index (χ2n) is 5.52. The lowest BCUT2D eigenvalue weighted by molar-refractivity contribution is -0.140. The molecule has 2 aliphatic heterocycles. The summed E-state index contributed by atoms with van der Waals surface area (Å²) in [6.45, 7) is 7.52. The van der Waals surface area contributed by atoms with Gasteiger partial charge in [-0.25, -0.2) is 0 Å². The molecule has 2 rings (SSSR count). The zero-order valence-electron chi connectivity index (χ0n) is 11.5. The standard InChI is InChI=1S/C13H23N3O3/c1-10(11-8-14-9-11)13(19)16-6-4-15(5-7-16)3-2-12(17)18/h10-11,14H,2-9H2,1H3,(H,17,18). The monoisotopic (exact) mass is 269 g/mol. The smallest absolute Gasteiger partial charge is 0.304 e. The molecule has 0 aromatic rings. The number of hydrogen-bond acceptors (Lipinski definition) is 4. The summed E-state index contributed by atoms with van der Waals surface area (Å²) in [6.07, 6.45) is 0.179. The van der Waals surface area contributed by atoms with Gasteiger partial charge in [-0.05, 0) is 19.0 Å². The van der Waals surface area contributed by atoms with Crippen molar-refractivity contribution >= 4 is 11.9 Å². The normalized spacial score (nSPS) is 22.9. The molecule has 2 heterocycles. The van der Waals surface area contributed by atoms with Crippen molar-refractivity contribution in [1.82, 2.24) is 15.1 Å². The number of nitrogens with zero attached hydrogens (tertiary/aromatic N) is 2. The molecule has 1 atom stereocenters. The number of piperazine rings is 1. The summed E-state index contributed by atoms with van der Waals surface area (Å²) in [5.41, 5.74) is 0. The minimum Gasteiger partial charge on any atom is -0.481 e. The van der Waals surface area contributed by atoms with Gasteiger partial charge in [-0.2, -0.15) is 0 Å². The molecule has 0 saturated carbocycles. The van der Waals surface area contributed by atoms with E-state index >= 15 is 0 Å². The van der Waals surface area contributed by atoms with Crippen LogP contribution < -0.4 is 5.32 Å². The maximum Gasteiger partial charge on any atom is 0.304 e. The molecule has 2 fully saturated rings. The van der Waals surface area contributed by atoms with Crippen LogP contribution in [0.25, 0.3) is 0 Å². The Kier molecular flexibility index (Phi) is 4.76. The number of nitrogens with one attached hydrogen (secondary N) is 1. The third-order valence-electron chi connectivity index (χ3n) is 4.24. The van der Waals surface area contributed by atoms with Crippen LogP contribution in [0.15, 0.2) is 0 Å². The molecule has 1 amide bonds. The van der Waals surface area contributed by atoms with Gasteiger partial charge in [0.05, 0.1) is 6.42 Å². The van der Waals surface area contributed by atoms with Gasteiger partial charge in [0.2, 0.25) is 5.91 Å². The molecular formula is C13H23N3O3. The Balaban J connectivity index is 1.72. The van der Waals surface area contributed by atoms with Gasteiger partial charge in [0.1, 0.15) is 0 Å². The minimum absolute atomic E-state index is 0.104. The predicted octanol–water partition coefficient (Wildman–Crippen LogP) is -0.539. The maximum atomic E-state index is 12.3. The van der Waals surface area contributed by atoms with Crippen molar-refractivity contribution < 1.29 is 14.7 Å².